The molecule has 4 heteroatoms. The molecule has 1 aromatic rings. The van der Waals surface area contributed by atoms with Crippen molar-refractivity contribution in [1.29, 1.82) is 0 Å². The average Bonchev–Trinajstić information content (AvgIpc) is 3.17. The number of hydrogen-bond donors (Lipinski definition) is 1. The predicted molar refractivity (Wildman–Crippen MR) is 80.4 cm³/mol. The molecule has 1 saturated heterocycles. The summed E-state index contributed by atoms with van der Waals surface area (Å²) in [6.07, 6.45) is 1.00. The van der Waals surface area contributed by atoms with Crippen LogP contribution in [0.4, 0.5) is 0 Å². The Morgan fingerprint density at radius 3 is 2.33 bits per heavy atom. The van der Waals surface area contributed by atoms with Gasteiger partial charge in [-0.25, -0.2) is 0 Å². The summed E-state index contributed by atoms with van der Waals surface area (Å²) in [4.78, 5) is 27.3. The third-order valence-corrected chi connectivity index (χ3v) is 4.55. The van der Waals surface area contributed by atoms with Gasteiger partial charge in [0, 0.05) is 6.04 Å². The number of carbonyl (C=O) groups excluding carboxylic acids is 2. The Hall–Kier alpha value is -1.84. The molecule has 2 fully saturated rings. The van der Waals surface area contributed by atoms with Crippen molar-refractivity contribution in [3.8, 4) is 0 Å². The molecule has 0 aromatic heterocycles. The molecule has 112 valence electrons. The predicted octanol–water partition coefficient (Wildman–Crippen LogP) is 2.12. The third-order valence-electron chi connectivity index (χ3n) is 4.55. The highest BCUT2D eigenvalue weighted by Crippen LogP contribution is 2.40. The van der Waals surface area contributed by atoms with Crippen molar-refractivity contribution in [1.82, 2.24) is 10.2 Å². The lowest BCUT2D eigenvalue weighted by Crippen LogP contribution is -2.62. The molecule has 0 bridgehead atoms. The summed E-state index contributed by atoms with van der Waals surface area (Å²) in [6, 6.07) is 8.84. The zero-order chi connectivity index (χ0) is 15.1. The van der Waals surface area contributed by atoms with Crippen LogP contribution in [0.25, 0.3) is 0 Å². The topological polar surface area (TPSA) is 49.4 Å². The Kier molecular flexibility index (Phi) is 3.47. The van der Waals surface area contributed by atoms with E-state index in [0.29, 0.717) is 5.92 Å². The molecule has 1 saturated carbocycles. The first-order valence-electron chi connectivity index (χ1n) is 7.68. The molecule has 4 nitrogen and oxygen atoms in total. The van der Waals surface area contributed by atoms with Crippen molar-refractivity contribution in [2.45, 2.75) is 45.3 Å². The molecule has 0 spiro atoms. The second kappa shape index (κ2) is 5.17. The van der Waals surface area contributed by atoms with Gasteiger partial charge in [-0.15, -0.1) is 0 Å². The van der Waals surface area contributed by atoms with Crippen LogP contribution >= 0.6 is 0 Å². The number of piperazine rings is 1. The van der Waals surface area contributed by atoms with E-state index >= 15 is 0 Å². The molecule has 4 unspecified atom stereocenters. The van der Waals surface area contributed by atoms with E-state index in [4.69, 9.17) is 0 Å². The standard InChI is InChI=1S/C17H22N2O2/c1-10(2)15-16(20)18-14(12-7-5-4-6-8-12)17(21)19(15)13-9-11(13)3/h4-8,10-11,13-15H,9H2,1-3H3,(H,18,20). The number of nitrogens with zero attached hydrogens (tertiary/aromatic N) is 1. The number of hydrogen-bond acceptors (Lipinski definition) is 2. The van der Waals surface area contributed by atoms with Crippen molar-refractivity contribution in [3.63, 3.8) is 0 Å². The first kappa shape index (κ1) is 14.1. The Balaban J connectivity index is 1.94. The molecular weight excluding hydrogens is 264 g/mol. The quantitative estimate of drug-likeness (QED) is 0.925. The van der Waals surface area contributed by atoms with E-state index in [2.05, 4.69) is 12.2 Å². The smallest absolute Gasteiger partial charge is 0.250 e. The molecule has 2 amide bonds. The van der Waals surface area contributed by atoms with Gasteiger partial charge in [0.25, 0.3) is 5.91 Å². The molecule has 1 aliphatic carbocycles. The van der Waals surface area contributed by atoms with E-state index in [-0.39, 0.29) is 29.8 Å². The second-order valence-electron chi connectivity index (χ2n) is 6.57. The van der Waals surface area contributed by atoms with E-state index in [9.17, 15) is 9.59 Å². The molecule has 0 radical (unpaired) electrons. The molecule has 2 aliphatic rings. The highest BCUT2D eigenvalue weighted by molar-refractivity contribution is 5.98. The molecule has 1 N–H and O–H groups in total. The minimum absolute atomic E-state index is 0.0300. The van der Waals surface area contributed by atoms with Crippen LogP contribution < -0.4 is 5.32 Å². The van der Waals surface area contributed by atoms with Gasteiger partial charge in [0.2, 0.25) is 5.91 Å². The fourth-order valence-corrected chi connectivity index (χ4v) is 3.26. The molecule has 21 heavy (non-hydrogen) atoms. The lowest BCUT2D eigenvalue weighted by Gasteiger charge is -2.41. The largest absolute Gasteiger partial charge is 0.339 e. The summed E-state index contributed by atoms with van der Waals surface area (Å²) in [6.45, 7) is 6.14. The highest BCUT2D eigenvalue weighted by Gasteiger charge is 2.51. The third kappa shape index (κ3) is 2.43. The Bertz CT molecular complexity index is 555. The van der Waals surface area contributed by atoms with Gasteiger partial charge in [0.1, 0.15) is 12.1 Å². The van der Waals surface area contributed by atoms with Crippen molar-refractivity contribution >= 4 is 11.8 Å². The Morgan fingerprint density at radius 1 is 1.19 bits per heavy atom. The Morgan fingerprint density at radius 2 is 1.81 bits per heavy atom. The summed E-state index contributed by atoms with van der Waals surface area (Å²) in [5, 5.41) is 2.91. The first-order valence-corrected chi connectivity index (χ1v) is 7.68. The lowest BCUT2D eigenvalue weighted by molar-refractivity contribution is -0.152. The molecule has 1 aliphatic heterocycles. The summed E-state index contributed by atoms with van der Waals surface area (Å²) in [5.74, 6) is 0.627. The summed E-state index contributed by atoms with van der Waals surface area (Å²) in [7, 11) is 0. The minimum Gasteiger partial charge on any atom is -0.339 e. The van der Waals surface area contributed by atoms with Gasteiger partial charge in [0.05, 0.1) is 0 Å². The number of benzene rings is 1. The highest BCUT2D eigenvalue weighted by atomic mass is 16.2. The van der Waals surface area contributed by atoms with Crippen molar-refractivity contribution in [2.75, 3.05) is 0 Å². The maximum absolute atomic E-state index is 12.9. The number of nitrogens with one attached hydrogen (secondary N) is 1. The van der Waals surface area contributed by atoms with Crippen LogP contribution in [0.5, 0.6) is 0 Å². The van der Waals surface area contributed by atoms with Gasteiger partial charge in [-0.1, -0.05) is 51.1 Å². The van der Waals surface area contributed by atoms with Gasteiger partial charge in [0.15, 0.2) is 0 Å². The SMILES string of the molecule is CC(C)C1C(=O)NC(c2ccccc2)C(=O)N1C1CC1C. The molecule has 1 heterocycles. The summed E-state index contributed by atoms with van der Waals surface area (Å²) < 4.78 is 0. The molecule has 4 atom stereocenters. The van der Waals surface area contributed by atoms with Crippen LogP contribution in [-0.2, 0) is 9.59 Å². The fourth-order valence-electron chi connectivity index (χ4n) is 3.26. The van der Waals surface area contributed by atoms with Gasteiger partial charge >= 0.3 is 0 Å². The van der Waals surface area contributed by atoms with Gasteiger partial charge < -0.3 is 10.2 Å². The molecular formula is C17H22N2O2. The first-order chi connectivity index (χ1) is 10.0. The average molecular weight is 286 g/mol. The van der Waals surface area contributed by atoms with Crippen molar-refractivity contribution < 1.29 is 9.59 Å². The zero-order valence-electron chi connectivity index (χ0n) is 12.7. The lowest BCUT2D eigenvalue weighted by atomic mass is 9.94. The normalized spacial score (nSPS) is 32.3. The second-order valence-corrected chi connectivity index (χ2v) is 6.57. The maximum atomic E-state index is 12.9. The van der Waals surface area contributed by atoms with Crippen LogP contribution in [-0.4, -0.2) is 28.8 Å². The minimum atomic E-state index is -0.540. The van der Waals surface area contributed by atoms with Gasteiger partial charge in [-0.3, -0.25) is 9.59 Å². The maximum Gasteiger partial charge on any atom is 0.250 e. The van der Waals surface area contributed by atoms with Crippen LogP contribution in [0.1, 0.15) is 38.8 Å². The monoisotopic (exact) mass is 286 g/mol. The zero-order valence-corrected chi connectivity index (χ0v) is 12.7. The van der Waals surface area contributed by atoms with Crippen LogP contribution in [0, 0.1) is 11.8 Å². The van der Waals surface area contributed by atoms with E-state index in [1.807, 2.05) is 49.1 Å². The summed E-state index contributed by atoms with van der Waals surface area (Å²) in [5.41, 5.74) is 0.858. The Labute approximate surface area is 125 Å². The van der Waals surface area contributed by atoms with E-state index < -0.39 is 6.04 Å². The fraction of sp³-hybridized carbons (Fsp3) is 0.529. The number of rotatable bonds is 3. The van der Waals surface area contributed by atoms with Gasteiger partial charge in [-0.05, 0) is 23.8 Å². The van der Waals surface area contributed by atoms with Crippen LogP contribution in [0.15, 0.2) is 30.3 Å². The van der Waals surface area contributed by atoms with Crippen LogP contribution in [0.3, 0.4) is 0 Å². The molecule has 3 rings (SSSR count). The number of carbonyl (C=O) groups is 2. The molecule has 1 aromatic carbocycles. The van der Waals surface area contributed by atoms with Crippen molar-refractivity contribution in [2.24, 2.45) is 11.8 Å². The number of amides is 2. The van der Waals surface area contributed by atoms with E-state index in [0.717, 1.165) is 12.0 Å². The van der Waals surface area contributed by atoms with Crippen LogP contribution in [0.2, 0.25) is 0 Å². The summed E-state index contributed by atoms with van der Waals surface area (Å²) >= 11 is 0. The van der Waals surface area contributed by atoms with Gasteiger partial charge in [-0.2, -0.15) is 0 Å². The van der Waals surface area contributed by atoms with E-state index in [1.165, 1.54) is 0 Å². The van der Waals surface area contributed by atoms with Crippen molar-refractivity contribution in [3.05, 3.63) is 35.9 Å². The van der Waals surface area contributed by atoms with E-state index in [1.54, 1.807) is 0 Å².